The minimum absolute atomic E-state index is 0.0837. The fourth-order valence-electron chi connectivity index (χ4n) is 4.63. The van der Waals surface area contributed by atoms with Crippen LogP contribution in [-0.2, 0) is 20.6 Å². The van der Waals surface area contributed by atoms with Gasteiger partial charge in [0.15, 0.2) is 0 Å². The second-order valence-electron chi connectivity index (χ2n) is 8.41. The van der Waals surface area contributed by atoms with Crippen LogP contribution in [0.25, 0.3) is 0 Å². The summed E-state index contributed by atoms with van der Waals surface area (Å²) in [5.74, 6) is -0.172. The molecular formula is C22H31ClN2O4S. The van der Waals surface area contributed by atoms with Crippen molar-refractivity contribution in [2.75, 3.05) is 12.3 Å². The van der Waals surface area contributed by atoms with Gasteiger partial charge >= 0.3 is 5.97 Å². The molecule has 0 radical (unpaired) electrons. The monoisotopic (exact) mass is 454 g/mol. The van der Waals surface area contributed by atoms with Crippen molar-refractivity contribution in [1.82, 2.24) is 9.62 Å². The summed E-state index contributed by atoms with van der Waals surface area (Å²) in [5.41, 5.74) is 0.126. The van der Waals surface area contributed by atoms with E-state index in [1.165, 1.54) is 0 Å². The molecule has 30 heavy (non-hydrogen) atoms. The van der Waals surface area contributed by atoms with Crippen molar-refractivity contribution in [1.29, 1.82) is 0 Å². The van der Waals surface area contributed by atoms with Crippen LogP contribution in [0, 0.1) is 11.3 Å². The SMILES string of the molecule is CCS(=O)NCC(C1CC1)N1C(=O)C(CC)(CC(=O)O)CCC1c1ccc(Cl)cc1. The molecular weight excluding hydrogens is 424 g/mol. The minimum atomic E-state index is -1.14. The van der Waals surface area contributed by atoms with Crippen LogP contribution in [0.2, 0.25) is 5.02 Å². The maximum absolute atomic E-state index is 13.9. The Balaban J connectivity index is 1.98. The molecule has 0 bridgehead atoms. The van der Waals surface area contributed by atoms with Crippen LogP contribution in [-0.4, -0.2) is 44.4 Å². The predicted molar refractivity (Wildman–Crippen MR) is 118 cm³/mol. The standard InChI is InChI=1S/C22H31ClN2O4S/c1-3-22(13-20(26)27)12-11-18(15-7-9-17(23)10-8-15)25(21(22)28)19(16-5-6-16)14-24-30(29)4-2/h7-10,16,18-19,24H,3-6,11-14H2,1-2H3,(H,26,27). The van der Waals surface area contributed by atoms with E-state index < -0.39 is 22.4 Å². The van der Waals surface area contributed by atoms with Gasteiger partial charge in [0.2, 0.25) is 5.91 Å². The Bertz CT molecular complexity index is 799. The van der Waals surface area contributed by atoms with Gasteiger partial charge in [0.1, 0.15) is 0 Å². The fourth-order valence-corrected chi connectivity index (χ4v) is 5.32. The first-order chi connectivity index (χ1) is 14.3. The van der Waals surface area contributed by atoms with E-state index in [1.807, 2.05) is 43.0 Å². The molecule has 1 heterocycles. The maximum Gasteiger partial charge on any atom is 0.304 e. The first-order valence-corrected chi connectivity index (χ1v) is 12.4. The Hall–Kier alpha value is -1.44. The number of hydrogen-bond acceptors (Lipinski definition) is 3. The van der Waals surface area contributed by atoms with E-state index in [9.17, 15) is 18.9 Å². The topological polar surface area (TPSA) is 86.7 Å². The number of amides is 1. The van der Waals surface area contributed by atoms with Crippen molar-refractivity contribution in [2.45, 2.75) is 64.5 Å². The summed E-state index contributed by atoms with van der Waals surface area (Å²) >= 11 is 6.07. The van der Waals surface area contributed by atoms with Crippen molar-refractivity contribution in [3.05, 3.63) is 34.9 Å². The molecule has 8 heteroatoms. The van der Waals surface area contributed by atoms with E-state index in [-0.39, 0.29) is 24.4 Å². The van der Waals surface area contributed by atoms with E-state index in [2.05, 4.69) is 4.72 Å². The fraction of sp³-hybridized carbons (Fsp3) is 0.636. The van der Waals surface area contributed by atoms with Gasteiger partial charge in [-0.05, 0) is 55.7 Å². The van der Waals surface area contributed by atoms with Gasteiger partial charge in [-0.15, -0.1) is 0 Å². The van der Waals surface area contributed by atoms with Crippen LogP contribution in [0.15, 0.2) is 24.3 Å². The number of hydrogen-bond donors (Lipinski definition) is 2. The molecule has 4 atom stereocenters. The van der Waals surface area contributed by atoms with Crippen molar-refractivity contribution in [2.24, 2.45) is 11.3 Å². The van der Waals surface area contributed by atoms with Crippen LogP contribution in [0.1, 0.15) is 64.0 Å². The molecule has 0 spiro atoms. The van der Waals surface area contributed by atoms with Gasteiger partial charge in [-0.1, -0.05) is 37.6 Å². The van der Waals surface area contributed by atoms with E-state index >= 15 is 0 Å². The average Bonchev–Trinajstić information content (AvgIpc) is 3.56. The molecule has 6 nitrogen and oxygen atoms in total. The third kappa shape index (κ3) is 5.06. The number of rotatable bonds is 10. The van der Waals surface area contributed by atoms with Crippen LogP contribution < -0.4 is 4.72 Å². The van der Waals surface area contributed by atoms with Crippen LogP contribution in [0.5, 0.6) is 0 Å². The Morgan fingerprint density at radius 2 is 1.97 bits per heavy atom. The lowest BCUT2D eigenvalue weighted by Gasteiger charge is -2.49. The highest BCUT2D eigenvalue weighted by molar-refractivity contribution is 7.82. The first kappa shape index (κ1) is 23.2. The Morgan fingerprint density at radius 1 is 1.30 bits per heavy atom. The predicted octanol–water partition coefficient (Wildman–Crippen LogP) is 3.93. The first-order valence-electron chi connectivity index (χ1n) is 10.7. The van der Waals surface area contributed by atoms with Gasteiger partial charge in [-0.2, -0.15) is 0 Å². The molecule has 1 amide bonds. The zero-order valence-corrected chi connectivity index (χ0v) is 19.2. The summed E-state index contributed by atoms with van der Waals surface area (Å²) in [4.78, 5) is 27.4. The van der Waals surface area contributed by atoms with Crippen molar-refractivity contribution in [3.8, 4) is 0 Å². The molecule has 0 aromatic heterocycles. The lowest BCUT2D eigenvalue weighted by Crippen LogP contribution is -2.57. The largest absolute Gasteiger partial charge is 0.481 e. The van der Waals surface area contributed by atoms with Crippen LogP contribution in [0.4, 0.5) is 0 Å². The highest BCUT2D eigenvalue weighted by Crippen LogP contribution is 2.49. The lowest BCUT2D eigenvalue weighted by atomic mass is 9.71. The van der Waals surface area contributed by atoms with Crippen molar-refractivity contribution >= 4 is 34.5 Å². The molecule has 1 aromatic rings. The minimum Gasteiger partial charge on any atom is -0.481 e. The second kappa shape index (κ2) is 9.79. The number of halogens is 1. The summed E-state index contributed by atoms with van der Waals surface area (Å²) in [7, 11) is -1.14. The van der Waals surface area contributed by atoms with Crippen molar-refractivity contribution < 1.29 is 18.9 Å². The quantitative estimate of drug-likeness (QED) is 0.560. The third-order valence-electron chi connectivity index (χ3n) is 6.58. The summed E-state index contributed by atoms with van der Waals surface area (Å²) in [6, 6.07) is 7.32. The lowest BCUT2D eigenvalue weighted by molar-refractivity contribution is -0.161. The number of aliphatic carboxylic acids is 1. The molecule has 1 aliphatic heterocycles. The van der Waals surface area contributed by atoms with Gasteiger partial charge in [0, 0.05) is 23.4 Å². The third-order valence-corrected chi connectivity index (χ3v) is 7.85. The molecule has 4 unspecified atom stereocenters. The molecule has 2 aliphatic rings. The number of nitrogens with one attached hydrogen (secondary N) is 1. The molecule has 2 fully saturated rings. The highest BCUT2D eigenvalue weighted by Gasteiger charge is 2.51. The molecule has 1 saturated carbocycles. The normalized spacial score (nSPS) is 26.4. The number of carbonyl (C=O) groups excluding carboxylic acids is 1. The second-order valence-corrected chi connectivity index (χ2v) is 10.4. The Morgan fingerprint density at radius 3 is 2.50 bits per heavy atom. The van der Waals surface area contributed by atoms with Crippen molar-refractivity contribution in [3.63, 3.8) is 0 Å². The van der Waals surface area contributed by atoms with Gasteiger partial charge in [0.05, 0.1) is 28.9 Å². The Labute approximate surface area is 185 Å². The number of benzene rings is 1. The zero-order chi connectivity index (χ0) is 21.9. The number of carboxylic acids is 1. The molecule has 3 rings (SSSR count). The van der Waals surface area contributed by atoms with Gasteiger partial charge in [-0.3, -0.25) is 9.59 Å². The summed E-state index contributed by atoms with van der Waals surface area (Å²) in [5, 5.41) is 10.1. The number of likely N-dealkylation sites (tertiary alicyclic amines) is 1. The summed E-state index contributed by atoms with van der Waals surface area (Å²) in [6.45, 7) is 4.21. The molecule has 1 aromatic carbocycles. The summed E-state index contributed by atoms with van der Waals surface area (Å²) < 4.78 is 15.1. The summed E-state index contributed by atoms with van der Waals surface area (Å²) in [6.07, 6.45) is 3.64. The Kier molecular flexibility index (Phi) is 7.58. The average molecular weight is 455 g/mol. The number of carbonyl (C=O) groups is 2. The molecule has 1 aliphatic carbocycles. The molecule has 2 N–H and O–H groups in total. The smallest absolute Gasteiger partial charge is 0.304 e. The highest BCUT2D eigenvalue weighted by atomic mass is 35.5. The van der Waals surface area contributed by atoms with Gasteiger partial charge < -0.3 is 10.0 Å². The van der Waals surface area contributed by atoms with E-state index in [1.54, 1.807) is 0 Å². The van der Waals surface area contributed by atoms with E-state index in [4.69, 9.17) is 11.6 Å². The molecule has 166 valence electrons. The van der Waals surface area contributed by atoms with Crippen LogP contribution in [0.3, 0.4) is 0 Å². The zero-order valence-electron chi connectivity index (χ0n) is 17.6. The van der Waals surface area contributed by atoms with Gasteiger partial charge in [-0.25, -0.2) is 8.93 Å². The van der Waals surface area contributed by atoms with E-state index in [0.717, 1.165) is 18.4 Å². The van der Waals surface area contributed by atoms with Gasteiger partial charge in [0.25, 0.3) is 0 Å². The number of carboxylic acid groups (broad SMARTS) is 1. The number of nitrogens with zero attached hydrogens (tertiary/aromatic N) is 1. The number of piperidine rings is 1. The van der Waals surface area contributed by atoms with Crippen LogP contribution >= 0.6 is 11.6 Å². The van der Waals surface area contributed by atoms with E-state index in [0.29, 0.717) is 42.5 Å². The maximum atomic E-state index is 13.9. The molecule has 1 saturated heterocycles.